The number of benzene rings is 1. The van der Waals surface area contributed by atoms with E-state index in [2.05, 4.69) is 31.2 Å². The zero-order valence-corrected chi connectivity index (χ0v) is 13.8. The molecule has 1 saturated heterocycles. The van der Waals surface area contributed by atoms with Crippen LogP contribution in [0.25, 0.3) is 22.4 Å². The molecule has 4 rings (SSSR count). The van der Waals surface area contributed by atoms with Gasteiger partial charge in [-0.2, -0.15) is 0 Å². The van der Waals surface area contributed by atoms with Crippen LogP contribution in [0, 0.1) is 0 Å². The van der Waals surface area contributed by atoms with E-state index in [0.717, 1.165) is 54.4 Å². The van der Waals surface area contributed by atoms with Crippen molar-refractivity contribution >= 4 is 40.1 Å². The summed E-state index contributed by atoms with van der Waals surface area (Å²) in [6.45, 7) is 3.88. The molecule has 0 saturated carbocycles. The Labute approximate surface area is 143 Å². The first-order valence-corrected chi connectivity index (χ1v) is 8.23. The van der Waals surface area contributed by atoms with Crippen molar-refractivity contribution in [3.8, 4) is 11.4 Å². The van der Waals surface area contributed by atoms with E-state index < -0.39 is 0 Å². The number of nitrogens with one attached hydrogen (secondary N) is 2. The molecule has 23 heavy (non-hydrogen) atoms. The highest BCUT2D eigenvalue weighted by molar-refractivity contribution is 6.42. The van der Waals surface area contributed by atoms with Gasteiger partial charge in [-0.25, -0.2) is 9.97 Å². The van der Waals surface area contributed by atoms with Gasteiger partial charge in [0.05, 0.1) is 21.1 Å². The van der Waals surface area contributed by atoms with E-state index in [-0.39, 0.29) is 0 Å². The van der Waals surface area contributed by atoms with Crippen molar-refractivity contribution < 1.29 is 0 Å². The fourth-order valence-corrected chi connectivity index (χ4v) is 3.10. The Kier molecular flexibility index (Phi) is 3.85. The van der Waals surface area contributed by atoms with Gasteiger partial charge in [-0.1, -0.05) is 23.2 Å². The minimum absolute atomic E-state index is 0.508. The Morgan fingerprint density at radius 1 is 1.04 bits per heavy atom. The molecule has 7 heteroatoms. The van der Waals surface area contributed by atoms with Crippen LogP contribution >= 0.6 is 23.2 Å². The van der Waals surface area contributed by atoms with Crippen LogP contribution in [-0.2, 0) is 0 Å². The van der Waals surface area contributed by atoms with Gasteiger partial charge in [0.15, 0.2) is 0 Å². The maximum absolute atomic E-state index is 6.07. The van der Waals surface area contributed by atoms with Crippen molar-refractivity contribution in [1.29, 1.82) is 0 Å². The van der Waals surface area contributed by atoms with Crippen LogP contribution in [0.15, 0.2) is 30.5 Å². The molecule has 0 radical (unpaired) electrons. The number of halogens is 2. The quantitative estimate of drug-likeness (QED) is 0.746. The number of pyridine rings is 1. The van der Waals surface area contributed by atoms with Crippen molar-refractivity contribution in [2.45, 2.75) is 0 Å². The molecule has 3 heterocycles. The maximum Gasteiger partial charge on any atom is 0.138 e. The van der Waals surface area contributed by atoms with E-state index in [9.17, 15) is 0 Å². The summed E-state index contributed by atoms with van der Waals surface area (Å²) in [6.07, 6.45) is 1.82. The van der Waals surface area contributed by atoms with Gasteiger partial charge in [-0.3, -0.25) is 0 Å². The Morgan fingerprint density at radius 2 is 1.83 bits per heavy atom. The van der Waals surface area contributed by atoms with Crippen molar-refractivity contribution in [3.05, 3.63) is 40.5 Å². The fraction of sp³-hybridized carbons (Fsp3) is 0.250. The lowest BCUT2D eigenvalue weighted by molar-refractivity contribution is 0.585. The Morgan fingerprint density at radius 3 is 2.65 bits per heavy atom. The molecule has 2 aromatic heterocycles. The number of nitrogens with zero attached hydrogens (tertiary/aromatic N) is 3. The number of hydrogen-bond donors (Lipinski definition) is 2. The van der Waals surface area contributed by atoms with Crippen molar-refractivity contribution in [1.82, 2.24) is 20.3 Å². The topological polar surface area (TPSA) is 56.8 Å². The zero-order chi connectivity index (χ0) is 15.8. The first kappa shape index (κ1) is 14.8. The Balaban J connectivity index is 1.72. The average Bonchev–Trinajstić information content (AvgIpc) is 2.99. The predicted molar refractivity (Wildman–Crippen MR) is 94.4 cm³/mol. The summed E-state index contributed by atoms with van der Waals surface area (Å²) >= 11 is 12.1. The summed E-state index contributed by atoms with van der Waals surface area (Å²) in [4.78, 5) is 14.7. The maximum atomic E-state index is 6.07. The van der Waals surface area contributed by atoms with Crippen LogP contribution in [0.3, 0.4) is 0 Å². The fourth-order valence-electron chi connectivity index (χ4n) is 2.77. The third-order valence-electron chi connectivity index (χ3n) is 3.98. The minimum atomic E-state index is 0.508. The lowest BCUT2D eigenvalue weighted by Crippen LogP contribution is -2.43. The molecule has 0 amide bonds. The molecule has 0 bridgehead atoms. The molecule has 1 fully saturated rings. The van der Waals surface area contributed by atoms with Crippen LogP contribution in [0.2, 0.25) is 10.0 Å². The molecular formula is C16H15Cl2N5. The molecule has 1 aromatic carbocycles. The summed E-state index contributed by atoms with van der Waals surface area (Å²) < 4.78 is 0. The van der Waals surface area contributed by atoms with E-state index in [0.29, 0.717) is 10.0 Å². The zero-order valence-electron chi connectivity index (χ0n) is 12.3. The molecule has 3 aromatic rings. The number of imidazole rings is 1. The third-order valence-corrected chi connectivity index (χ3v) is 4.71. The molecule has 0 atom stereocenters. The average molecular weight is 348 g/mol. The monoisotopic (exact) mass is 347 g/mol. The summed E-state index contributed by atoms with van der Waals surface area (Å²) in [5.41, 5.74) is 2.67. The molecule has 0 spiro atoms. The van der Waals surface area contributed by atoms with Gasteiger partial charge < -0.3 is 15.2 Å². The lowest BCUT2D eigenvalue weighted by atomic mass is 10.2. The van der Waals surface area contributed by atoms with E-state index in [1.165, 1.54) is 0 Å². The second-order valence-corrected chi connectivity index (χ2v) is 6.32. The second-order valence-electron chi connectivity index (χ2n) is 5.51. The molecular weight excluding hydrogens is 333 g/mol. The first-order chi connectivity index (χ1) is 11.2. The number of H-pyrrole nitrogens is 1. The Hall–Kier alpha value is -1.82. The van der Waals surface area contributed by atoms with Gasteiger partial charge in [0.25, 0.3) is 0 Å². The highest BCUT2D eigenvalue weighted by Crippen LogP contribution is 2.29. The lowest BCUT2D eigenvalue weighted by Gasteiger charge is -2.28. The van der Waals surface area contributed by atoms with Crippen molar-refractivity contribution in [2.75, 3.05) is 31.1 Å². The highest BCUT2D eigenvalue weighted by Gasteiger charge is 2.14. The minimum Gasteiger partial charge on any atom is -0.354 e. The van der Waals surface area contributed by atoms with Crippen LogP contribution < -0.4 is 10.2 Å². The number of anilines is 1. The molecule has 118 valence electrons. The molecule has 1 aliphatic heterocycles. The van der Waals surface area contributed by atoms with Gasteiger partial charge in [-0.05, 0) is 24.3 Å². The van der Waals surface area contributed by atoms with Crippen LogP contribution in [-0.4, -0.2) is 41.1 Å². The molecule has 2 N–H and O–H groups in total. The van der Waals surface area contributed by atoms with Crippen LogP contribution in [0.5, 0.6) is 0 Å². The van der Waals surface area contributed by atoms with Gasteiger partial charge >= 0.3 is 0 Å². The van der Waals surface area contributed by atoms with Gasteiger partial charge in [-0.15, -0.1) is 0 Å². The predicted octanol–water partition coefficient (Wildman–Crippen LogP) is 3.34. The first-order valence-electron chi connectivity index (χ1n) is 7.47. The SMILES string of the molecule is Clc1cc2nc(-c3ccnc(N4CCNCC4)c3)[nH]c2cc1Cl. The number of piperazine rings is 1. The number of rotatable bonds is 2. The Bertz CT molecular complexity index is 816. The van der Waals surface area contributed by atoms with Crippen LogP contribution in [0.1, 0.15) is 0 Å². The normalized spacial score (nSPS) is 15.3. The van der Waals surface area contributed by atoms with Gasteiger partial charge in [0, 0.05) is 37.9 Å². The molecule has 0 unspecified atom stereocenters. The van der Waals surface area contributed by atoms with Gasteiger partial charge in [0.1, 0.15) is 11.6 Å². The van der Waals surface area contributed by atoms with E-state index in [1.54, 1.807) is 12.1 Å². The number of aromatic nitrogens is 3. The number of fused-ring (bicyclic) bond motifs is 1. The van der Waals surface area contributed by atoms with E-state index in [4.69, 9.17) is 23.2 Å². The molecule has 0 aliphatic carbocycles. The summed E-state index contributed by atoms with van der Waals surface area (Å²) in [7, 11) is 0. The van der Waals surface area contributed by atoms with Crippen LogP contribution in [0.4, 0.5) is 5.82 Å². The smallest absolute Gasteiger partial charge is 0.138 e. The number of hydrogen-bond acceptors (Lipinski definition) is 4. The standard InChI is InChI=1S/C16H15Cl2N5/c17-11-8-13-14(9-12(11)18)22-16(21-13)10-1-2-20-15(7-10)23-5-3-19-4-6-23/h1-2,7-9,19H,3-6H2,(H,21,22). The largest absolute Gasteiger partial charge is 0.354 e. The summed E-state index contributed by atoms with van der Waals surface area (Å²) in [5.74, 6) is 1.76. The van der Waals surface area contributed by atoms with E-state index >= 15 is 0 Å². The highest BCUT2D eigenvalue weighted by atomic mass is 35.5. The van der Waals surface area contributed by atoms with Crippen molar-refractivity contribution in [3.63, 3.8) is 0 Å². The summed E-state index contributed by atoms with van der Waals surface area (Å²) in [5, 5.41) is 4.37. The molecule has 5 nitrogen and oxygen atoms in total. The number of aromatic amines is 1. The molecule has 1 aliphatic rings. The van der Waals surface area contributed by atoms with Gasteiger partial charge in [0.2, 0.25) is 0 Å². The van der Waals surface area contributed by atoms with E-state index in [1.807, 2.05) is 12.3 Å². The second kappa shape index (κ2) is 6.00. The third kappa shape index (κ3) is 2.87. The van der Waals surface area contributed by atoms with Crippen molar-refractivity contribution in [2.24, 2.45) is 0 Å². The summed E-state index contributed by atoms with van der Waals surface area (Å²) in [6, 6.07) is 7.59.